The van der Waals surface area contributed by atoms with Gasteiger partial charge >= 0.3 is 0 Å². The maximum Gasteiger partial charge on any atom is 0.0289 e. The lowest BCUT2D eigenvalue weighted by Crippen LogP contribution is -2.17. The van der Waals surface area contributed by atoms with E-state index in [9.17, 15) is 0 Å². The summed E-state index contributed by atoms with van der Waals surface area (Å²) >= 11 is 0. The van der Waals surface area contributed by atoms with Crippen molar-refractivity contribution in [2.24, 2.45) is 11.8 Å². The van der Waals surface area contributed by atoms with Crippen molar-refractivity contribution in [1.29, 1.82) is 0 Å². The maximum absolute atomic E-state index is 2.61. The Balaban J connectivity index is 1.55. The zero-order valence-electron chi connectivity index (χ0n) is 34.0. The van der Waals surface area contributed by atoms with E-state index >= 15 is 0 Å². The zero-order valence-corrected chi connectivity index (χ0v) is 34.0. The Morgan fingerprint density at radius 1 is 0.306 bits per heavy atom. The third kappa shape index (κ3) is 4.83. The first kappa shape index (κ1) is 35.2. The first-order valence-corrected chi connectivity index (χ1v) is 18.6. The van der Waals surface area contributed by atoms with Crippen LogP contribution in [0.3, 0.4) is 0 Å². The Morgan fingerprint density at radius 2 is 0.571 bits per heavy atom. The van der Waals surface area contributed by atoms with Crippen molar-refractivity contribution < 1.29 is 0 Å². The molecule has 2 unspecified atom stereocenters. The average Bonchev–Trinajstić information content (AvgIpc) is 3.57. The number of allylic oxidation sites excluding steroid dienone is 16. The van der Waals surface area contributed by atoms with E-state index < -0.39 is 0 Å². The number of benzene rings is 2. The van der Waals surface area contributed by atoms with E-state index in [-0.39, 0.29) is 0 Å². The quantitative estimate of drug-likeness (QED) is 0.309. The summed E-state index contributed by atoms with van der Waals surface area (Å²) in [6, 6.07) is 0. The van der Waals surface area contributed by atoms with E-state index in [0.717, 1.165) is 6.42 Å². The van der Waals surface area contributed by atoms with Gasteiger partial charge in [0, 0.05) is 11.8 Å². The van der Waals surface area contributed by atoms with Gasteiger partial charge in [-0.2, -0.15) is 0 Å². The zero-order chi connectivity index (χ0) is 36.3. The summed E-state index contributed by atoms with van der Waals surface area (Å²) in [5, 5.41) is 0. The monoisotopic (exact) mass is 648 g/mol. The largest absolute Gasteiger partial charge is 0.0694 e. The predicted molar refractivity (Wildman–Crippen MR) is 215 cm³/mol. The molecule has 0 amide bonds. The van der Waals surface area contributed by atoms with E-state index in [4.69, 9.17) is 0 Å². The van der Waals surface area contributed by atoms with Gasteiger partial charge in [-0.05, 0) is 265 Å². The fourth-order valence-corrected chi connectivity index (χ4v) is 10.0. The molecule has 0 saturated carbocycles. The average molecular weight is 649 g/mol. The van der Waals surface area contributed by atoms with Crippen LogP contribution in [0.1, 0.15) is 129 Å². The fourth-order valence-electron chi connectivity index (χ4n) is 10.0. The van der Waals surface area contributed by atoms with Crippen molar-refractivity contribution in [1.82, 2.24) is 0 Å². The molecule has 0 spiro atoms. The van der Waals surface area contributed by atoms with Gasteiger partial charge in [-0.15, -0.1) is 0 Å². The molecule has 4 aliphatic rings. The van der Waals surface area contributed by atoms with Crippen LogP contribution in [-0.2, 0) is 0 Å². The van der Waals surface area contributed by atoms with E-state index in [2.05, 4.69) is 137 Å². The van der Waals surface area contributed by atoms with Crippen molar-refractivity contribution in [3.63, 3.8) is 0 Å². The predicted octanol–water partition coefficient (Wildman–Crippen LogP) is 13.9. The molecule has 0 N–H and O–H groups in total. The van der Waals surface area contributed by atoms with Crippen LogP contribution in [0.15, 0.2) is 79.0 Å². The second kappa shape index (κ2) is 12.0. The molecule has 0 heteroatoms. The molecule has 4 aliphatic carbocycles. The first-order valence-electron chi connectivity index (χ1n) is 18.6. The van der Waals surface area contributed by atoms with Gasteiger partial charge in [0.05, 0.1) is 0 Å². The van der Waals surface area contributed by atoms with Crippen molar-refractivity contribution in [3.05, 3.63) is 146 Å². The Labute approximate surface area is 298 Å². The SMILES string of the molecule is CC1=CC2C(=C1CC1=C3C(C)=C(C)C(C)=C(c4c(C)c(C)c(C)c(C)c4C)C3C=C1C)C(C)=C(C)C(C)=C2c1c(C)c(C)c(C)c(C)c1C. The second-order valence-electron chi connectivity index (χ2n) is 16.2. The summed E-state index contributed by atoms with van der Waals surface area (Å²) in [5.41, 5.74) is 38.4. The minimum atomic E-state index is 0.302. The summed E-state index contributed by atoms with van der Waals surface area (Å²) in [4.78, 5) is 0. The molecule has 256 valence electrons. The molecule has 6 rings (SSSR count). The lowest BCUT2D eigenvalue weighted by molar-refractivity contribution is 0.928. The summed E-state index contributed by atoms with van der Waals surface area (Å²) in [7, 11) is 0. The van der Waals surface area contributed by atoms with Crippen molar-refractivity contribution >= 4 is 11.1 Å². The normalized spacial score (nSPS) is 21.1. The minimum Gasteiger partial charge on any atom is -0.0694 e. The lowest BCUT2D eigenvalue weighted by atomic mass is 9.70. The molecule has 2 atom stereocenters. The van der Waals surface area contributed by atoms with Gasteiger partial charge in [-0.25, -0.2) is 0 Å². The summed E-state index contributed by atoms with van der Waals surface area (Å²) in [6.07, 6.45) is 6.20. The van der Waals surface area contributed by atoms with Gasteiger partial charge in [0.1, 0.15) is 0 Å². The molecule has 2 aromatic rings. The van der Waals surface area contributed by atoms with E-state index in [1.54, 1.807) is 22.3 Å². The van der Waals surface area contributed by atoms with Crippen LogP contribution in [0.2, 0.25) is 0 Å². The van der Waals surface area contributed by atoms with Crippen LogP contribution in [0.25, 0.3) is 11.1 Å². The number of hydrogen-bond acceptors (Lipinski definition) is 0. The molecule has 2 aromatic carbocycles. The number of rotatable bonds is 4. The molecule has 0 saturated heterocycles. The van der Waals surface area contributed by atoms with Crippen molar-refractivity contribution in [3.8, 4) is 0 Å². The topological polar surface area (TPSA) is 0 Å². The molecular formula is C49H60. The van der Waals surface area contributed by atoms with Gasteiger partial charge in [0.25, 0.3) is 0 Å². The third-order valence-corrected chi connectivity index (χ3v) is 14.4. The lowest BCUT2D eigenvalue weighted by Gasteiger charge is -2.33. The molecular weight excluding hydrogens is 589 g/mol. The van der Waals surface area contributed by atoms with E-state index in [0.29, 0.717) is 11.8 Å². The highest BCUT2D eigenvalue weighted by Crippen LogP contribution is 2.56. The van der Waals surface area contributed by atoms with Crippen LogP contribution in [-0.4, -0.2) is 0 Å². The highest BCUT2D eigenvalue weighted by atomic mass is 14.4. The summed E-state index contributed by atoms with van der Waals surface area (Å²) in [6.45, 7) is 42.3. The second-order valence-corrected chi connectivity index (χ2v) is 16.2. The molecule has 0 fully saturated rings. The van der Waals surface area contributed by atoms with Crippen molar-refractivity contribution in [2.45, 2.75) is 131 Å². The molecule has 0 nitrogen and oxygen atoms in total. The first-order chi connectivity index (χ1) is 22.8. The molecule has 0 aromatic heterocycles. The Bertz CT molecular complexity index is 1960. The van der Waals surface area contributed by atoms with E-state index in [1.807, 2.05) is 0 Å². The van der Waals surface area contributed by atoms with Gasteiger partial charge in [0.15, 0.2) is 0 Å². The fraction of sp³-hybridized carbons (Fsp3) is 0.429. The van der Waals surface area contributed by atoms with Gasteiger partial charge in [0.2, 0.25) is 0 Å². The van der Waals surface area contributed by atoms with Crippen LogP contribution < -0.4 is 0 Å². The third-order valence-electron chi connectivity index (χ3n) is 14.4. The minimum absolute atomic E-state index is 0.302. The smallest absolute Gasteiger partial charge is 0.0289 e. The Morgan fingerprint density at radius 3 is 0.857 bits per heavy atom. The van der Waals surface area contributed by atoms with Crippen molar-refractivity contribution in [2.75, 3.05) is 0 Å². The standard InChI is InChI=1S/C49H60/c1-22-19-42-46(36(15)30(9)38(17)48(42)44-32(11)26(5)24(3)27(6)33(44)12)40(22)21-41-23(2)20-43-47(41)37(16)31(10)39(18)49(43)45-34(13)28(7)25(4)29(8)35(45)14/h19-20,42-43H,21H2,1-18H3. The van der Waals surface area contributed by atoms with Gasteiger partial charge in [-0.3, -0.25) is 0 Å². The Hall–Kier alpha value is -3.64. The maximum atomic E-state index is 2.61. The highest BCUT2D eigenvalue weighted by Gasteiger charge is 2.39. The number of fused-ring (bicyclic) bond motifs is 2. The van der Waals surface area contributed by atoms with Crippen LogP contribution in [0, 0.1) is 81.1 Å². The number of hydrogen-bond donors (Lipinski definition) is 0. The van der Waals surface area contributed by atoms with E-state index in [1.165, 1.54) is 122 Å². The van der Waals surface area contributed by atoms with Crippen LogP contribution in [0.5, 0.6) is 0 Å². The highest BCUT2D eigenvalue weighted by molar-refractivity contribution is 5.89. The molecule has 0 aliphatic heterocycles. The molecule has 0 bridgehead atoms. The summed E-state index contributed by atoms with van der Waals surface area (Å²) < 4.78 is 0. The van der Waals surface area contributed by atoms with Gasteiger partial charge < -0.3 is 0 Å². The molecule has 0 heterocycles. The summed E-state index contributed by atoms with van der Waals surface area (Å²) in [5.74, 6) is 0.604. The molecule has 0 radical (unpaired) electrons. The molecule has 49 heavy (non-hydrogen) atoms. The Kier molecular flexibility index (Phi) is 8.62. The van der Waals surface area contributed by atoms with Gasteiger partial charge in [-0.1, -0.05) is 23.3 Å². The van der Waals surface area contributed by atoms with Crippen LogP contribution >= 0.6 is 0 Å². The van der Waals surface area contributed by atoms with Crippen LogP contribution in [0.4, 0.5) is 0 Å².